The fourth-order valence-electron chi connectivity index (χ4n) is 2.75. The van der Waals surface area contributed by atoms with Crippen molar-refractivity contribution in [2.75, 3.05) is 0 Å². The second kappa shape index (κ2) is 6.09. The first kappa shape index (κ1) is 16.8. The maximum absolute atomic E-state index is 13.5. The third-order valence-corrected chi connectivity index (χ3v) is 3.80. The number of aryl methyl sites for hydroxylation is 1. The van der Waals surface area contributed by atoms with Crippen molar-refractivity contribution in [1.29, 1.82) is 5.26 Å². The lowest BCUT2D eigenvalue weighted by Crippen LogP contribution is -2.13. The molecule has 0 atom stereocenters. The van der Waals surface area contributed by atoms with Gasteiger partial charge in [0.1, 0.15) is 5.82 Å². The number of hydrogen-bond donors (Lipinski definition) is 1. The summed E-state index contributed by atoms with van der Waals surface area (Å²) in [4.78, 5) is 18.7. The standard InChI is InChI=1S/C17H13F3N4O/c1-2-3-14-23-15-13(6-7-22-16(15)25)24(14)12-5-4-10(9-21)8-11(12)17(18,19)20/h4-8H,2-3H2,1H3,(H,22,25). The highest BCUT2D eigenvalue weighted by molar-refractivity contribution is 5.77. The first-order valence-corrected chi connectivity index (χ1v) is 7.57. The lowest BCUT2D eigenvalue weighted by Gasteiger charge is -2.16. The van der Waals surface area contributed by atoms with Crippen LogP contribution < -0.4 is 5.56 Å². The van der Waals surface area contributed by atoms with Crippen LogP contribution in [0.3, 0.4) is 0 Å². The molecule has 0 aliphatic rings. The van der Waals surface area contributed by atoms with Gasteiger partial charge in [-0.15, -0.1) is 0 Å². The Morgan fingerprint density at radius 1 is 1.32 bits per heavy atom. The molecule has 0 spiro atoms. The number of alkyl halides is 3. The molecule has 1 aromatic carbocycles. The van der Waals surface area contributed by atoms with Gasteiger partial charge in [-0.05, 0) is 30.7 Å². The summed E-state index contributed by atoms with van der Waals surface area (Å²) >= 11 is 0. The molecule has 2 heterocycles. The van der Waals surface area contributed by atoms with E-state index in [-0.39, 0.29) is 16.8 Å². The molecular weight excluding hydrogens is 333 g/mol. The van der Waals surface area contributed by atoms with Crippen LogP contribution in [-0.2, 0) is 12.6 Å². The molecule has 5 nitrogen and oxygen atoms in total. The summed E-state index contributed by atoms with van der Waals surface area (Å²) in [6.45, 7) is 1.87. The normalized spacial score (nSPS) is 11.6. The van der Waals surface area contributed by atoms with Crippen molar-refractivity contribution < 1.29 is 13.2 Å². The first-order chi connectivity index (χ1) is 11.9. The molecule has 0 saturated heterocycles. The van der Waals surface area contributed by atoms with Crippen molar-refractivity contribution in [2.45, 2.75) is 25.9 Å². The highest BCUT2D eigenvalue weighted by atomic mass is 19.4. The van der Waals surface area contributed by atoms with E-state index in [0.29, 0.717) is 24.2 Å². The van der Waals surface area contributed by atoms with Gasteiger partial charge in [-0.1, -0.05) is 6.92 Å². The summed E-state index contributed by atoms with van der Waals surface area (Å²) in [5.74, 6) is 0.365. The van der Waals surface area contributed by atoms with Crippen LogP contribution in [-0.4, -0.2) is 14.5 Å². The number of nitrogens with zero attached hydrogens (tertiary/aromatic N) is 3. The van der Waals surface area contributed by atoms with Gasteiger partial charge < -0.3 is 4.98 Å². The van der Waals surface area contributed by atoms with E-state index in [9.17, 15) is 18.0 Å². The minimum Gasteiger partial charge on any atom is -0.327 e. The van der Waals surface area contributed by atoms with Gasteiger partial charge in [0.25, 0.3) is 5.56 Å². The zero-order chi connectivity index (χ0) is 18.2. The number of hydrogen-bond acceptors (Lipinski definition) is 3. The van der Waals surface area contributed by atoms with Crippen LogP contribution >= 0.6 is 0 Å². The highest BCUT2D eigenvalue weighted by Gasteiger charge is 2.35. The van der Waals surface area contributed by atoms with Crippen molar-refractivity contribution >= 4 is 11.0 Å². The van der Waals surface area contributed by atoms with Gasteiger partial charge in [-0.2, -0.15) is 18.4 Å². The van der Waals surface area contributed by atoms with Crippen molar-refractivity contribution in [2.24, 2.45) is 0 Å². The summed E-state index contributed by atoms with van der Waals surface area (Å²) in [5, 5.41) is 8.91. The Balaban J connectivity index is 2.41. The van der Waals surface area contributed by atoms with Gasteiger partial charge in [0.2, 0.25) is 0 Å². The second-order valence-corrected chi connectivity index (χ2v) is 5.50. The Kier molecular flexibility index (Phi) is 4.08. The van der Waals surface area contributed by atoms with Gasteiger partial charge in [0.15, 0.2) is 5.52 Å². The third-order valence-electron chi connectivity index (χ3n) is 3.80. The number of halogens is 3. The molecule has 25 heavy (non-hydrogen) atoms. The quantitative estimate of drug-likeness (QED) is 0.788. The largest absolute Gasteiger partial charge is 0.418 e. The molecule has 0 aliphatic carbocycles. The van der Waals surface area contributed by atoms with E-state index in [1.54, 1.807) is 6.07 Å². The highest BCUT2D eigenvalue weighted by Crippen LogP contribution is 2.36. The van der Waals surface area contributed by atoms with Crippen molar-refractivity contribution in [1.82, 2.24) is 14.5 Å². The third kappa shape index (κ3) is 2.89. The number of imidazole rings is 1. The number of H-pyrrole nitrogens is 1. The number of nitrogens with one attached hydrogen (secondary N) is 1. The van der Waals surface area contributed by atoms with Gasteiger partial charge in [0.05, 0.1) is 28.4 Å². The van der Waals surface area contributed by atoms with E-state index >= 15 is 0 Å². The molecule has 1 N–H and O–H groups in total. The van der Waals surface area contributed by atoms with Crippen molar-refractivity contribution in [3.8, 4) is 11.8 Å². The van der Waals surface area contributed by atoms with Crippen LogP contribution in [0.5, 0.6) is 0 Å². The molecule has 128 valence electrons. The molecule has 3 aromatic rings. The fourth-order valence-corrected chi connectivity index (χ4v) is 2.75. The van der Waals surface area contributed by atoms with Gasteiger partial charge in [-0.25, -0.2) is 4.98 Å². The summed E-state index contributed by atoms with van der Waals surface area (Å²) in [6.07, 6.45) is -2.22. The lowest BCUT2D eigenvalue weighted by molar-refractivity contribution is -0.137. The van der Waals surface area contributed by atoms with E-state index in [4.69, 9.17) is 5.26 Å². The SMILES string of the molecule is CCCc1nc2c(=O)[nH]ccc2n1-c1ccc(C#N)cc1C(F)(F)F. The Bertz CT molecular complexity index is 1040. The molecule has 3 rings (SSSR count). The molecule has 0 unspecified atom stereocenters. The average molecular weight is 346 g/mol. The van der Waals surface area contributed by atoms with Crippen LogP contribution in [0.2, 0.25) is 0 Å². The molecule has 0 fully saturated rings. The molecule has 0 amide bonds. The summed E-state index contributed by atoms with van der Waals surface area (Å²) < 4.78 is 42.0. The van der Waals surface area contributed by atoms with Crippen molar-refractivity contribution in [3.63, 3.8) is 0 Å². The molecule has 8 heteroatoms. The number of nitriles is 1. The van der Waals surface area contributed by atoms with E-state index in [1.807, 2.05) is 6.92 Å². The Morgan fingerprint density at radius 3 is 2.72 bits per heavy atom. The molecular formula is C17H13F3N4O. The maximum Gasteiger partial charge on any atom is 0.418 e. The van der Waals surface area contributed by atoms with Crippen LogP contribution in [0.25, 0.3) is 16.7 Å². The molecule has 0 radical (unpaired) electrons. The van der Waals surface area contributed by atoms with E-state index in [1.165, 1.54) is 29.0 Å². The Labute approximate surface area is 140 Å². The predicted molar refractivity (Wildman–Crippen MR) is 85.4 cm³/mol. The molecule has 0 bridgehead atoms. The topological polar surface area (TPSA) is 74.5 Å². The van der Waals surface area contributed by atoms with Gasteiger partial charge >= 0.3 is 6.18 Å². The zero-order valence-electron chi connectivity index (χ0n) is 13.2. The first-order valence-electron chi connectivity index (χ1n) is 7.57. The van der Waals surface area contributed by atoms with E-state index < -0.39 is 17.3 Å². The number of aromatic nitrogens is 3. The monoisotopic (exact) mass is 346 g/mol. The summed E-state index contributed by atoms with van der Waals surface area (Å²) in [5.41, 5.74) is -1.26. The number of fused-ring (bicyclic) bond motifs is 1. The smallest absolute Gasteiger partial charge is 0.327 e. The van der Waals surface area contributed by atoms with Gasteiger partial charge in [-0.3, -0.25) is 9.36 Å². The van der Waals surface area contributed by atoms with Crippen LogP contribution in [0.15, 0.2) is 35.3 Å². The van der Waals surface area contributed by atoms with Crippen molar-refractivity contribution in [3.05, 3.63) is 57.8 Å². The second-order valence-electron chi connectivity index (χ2n) is 5.50. The van der Waals surface area contributed by atoms with Crippen LogP contribution in [0, 0.1) is 11.3 Å². The van der Waals surface area contributed by atoms with E-state index in [2.05, 4.69) is 9.97 Å². The van der Waals surface area contributed by atoms with Gasteiger partial charge in [0, 0.05) is 12.6 Å². The number of benzene rings is 1. The summed E-state index contributed by atoms with van der Waals surface area (Å²) in [6, 6.07) is 6.60. The maximum atomic E-state index is 13.5. The van der Waals surface area contributed by atoms with Crippen LogP contribution in [0.1, 0.15) is 30.3 Å². The summed E-state index contributed by atoms with van der Waals surface area (Å²) in [7, 11) is 0. The Hall–Kier alpha value is -3.08. The zero-order valence-corrected chi connectivity index (χ0v) is 13.2. The molecule has 2 aromatic heterocycles. The Morgan fingerprint density at radius 2 is 2.08 bits per heavy atom. The predicted octanol–water partition coefficient (Wildman–Crippen LogP) is 3.56. The number of aromatic amines is 1. The fraction of sp³-hybridized carbons (Fsp3) is 0.235. The minimum atomic E-state index is -4.65. The average Bonchev–Trinajstić information content (AvgIpc) is 2.93. The van der Waals surface area contributed by atoms with Crippen LogP contribution in [0.4, 0.5) is 13.2 Å². The number of rotatable bonds is 3. The lowest BCUT2D eigenvalue weighted by atomic mass is 10.1. The number of pyridine rings is 1. The molecule has 0 saturated carbocycles. The minimum absolute atomic E-state index is 0.0865. The molecule has 0 aliphatic heterocycles. The van der Waals surface area contributed by atoms with E-state index in [0.717, 1.165) is 6.07 Å².